The summed E-state index contributed by atoms with van der Waals surface area (Å²) in [5.74, 6) is 0. The molecule has 0 spiro atoms. The lowest BCUT2D eigenvalue weighted by Crippen LogP contribution is -2.42. The van der Waals surface area contributed by atoms with Crippen molar-refractivity contribution in [2.75, 3.05) is 13.7 Å². The van der Waals surface area contributed by atoms with Crippen LogP contribution in [0.15, 0.2) is 9.85 Å². The van der Waals surface area contributed by atoms with E-state index in [0.717, 1.165) is 13.0 Å². The maximum atomic E-state index is 5.80. The Morgan fingerprint density at radius 1 is 1.53 bits per heavy atom. The molecule has 1 saturated carbocycles. The number of hydrogen-bond donors (Lipinski definition) is 1. The van der Waals surface area contributed by atoms with Crippen molar-refractivity contribution in [1.82, 2.24) is 5.32 Å². The minimum Gasteiger partial charge on any atom is -0.378 e. The van der Waals surface area contributed by atoms with Gasteiger partial charge in [0.15, 0.2) is 0 Å². The van der Waals surface area contributed by atoms with Gasteiger partial charge >= 0.3 is 0 Å². The third-order valence-electron chi connectivity index (χ3n) is 4.13. The second-order valence-electron chi connectivity index (χ2n) is 5.56. The van der Waals surface area contributed by atoms with Crippen LogP contribution in [0.2, 0.25) is 0 Å². The molecule has 0 aromatic carbocycles. The average molecular weight is 346 g/mol. The van der Waals surface area contributed by atoms with Gasteiger partial charge in [-0.25, -0.2) is 0 Å². The highest BCUT2D eigenvalue weighted by Crippen LogP contribution is 2.43. The van der Waals surface area contributed by atoms with Crippen LogP contribution in [0.1, 0.15) is 55.5 Å². The summed E-state index contributed by atoms with van der Waals surface area (Å²) in [7, 11) is 1.87. The molecule has 1 aromatic rings. The molecule has 1 aliphatic rings. The molecule has 19 heavy (non-hydrogen) atoms. The largest absolute Gasteiger partial charge is 0.378 e. The molecule has 108 valence electrons. The first-order valence-corrected chi connectivity index (χ1v) is 8.75. The normalized spacial score (nSPS) is 19.2. The Labute approximate surface area is 129 Å². The quantitative estimate of drug-likeness (QED) is 0.764. The third-order valence-corrected chi connectivity index (χ3v) is 6.38. The molecule has 0 bridgehead atoms. The number of thiophene rings is 1. The summed E-state index contributed by atoms with van der Waals surface area (Å²) in [4.78, 5) is 1.43. The fraction of sp³-hybridized carbons (Fsp3) is 0.733. The van der Waals surface area contributed by atoms with Crippen molar-refractivity contribution in [2.45, 2.75) is 57.6 Å². The van der Waals surface area contributed by atoms with Crippen molar-refractivity contribution in [1.29, 1.82) is 0 Å². The Bertz CT molecular complexity index is 389. The van der Waals surface area contributed by atoms with Crippen LogP contribution in [-0.2, 0) is 4.74 Å². The second-order valence-corrected chi connectivity index (χ2v) is 7.96. The number of methoxy groups -OCH3 is 1. The molecule has 1 atom stereocenters. The van der Waals surface area contributed by atoms with Crippen LogP contribution in [0.25, 0.3) is 0 Å². The summed E-state index contributed by atoms with van der Waals surface area (Å²) >= 11 is 5.50. The molecular weight excluding hydrogens is 322 g/mol. The number of hydrogen-bond acceptors (Lipinski definition) is 3. The Morgan fingerprint density at radius 3 is 2.68 bits per heavy atom. The number of nitrogens with one attached hydrogen (secondary N) is 1. The van der Waals surface area contributed by atoms with Gasteiger partial charge in [0.1, 0.15) is 0 Å². The monoisotopic (exact) mass is 345 g/mol. The fourth-order valence-corrected chi connectivity index (χ4v) is 4.33. The maximum absolute atomic E-state index is 5.80. The summed E-state index contributed by atoms with van der Waals surface area (Å²) in [5.41, 5.74) is 1.46. The Balaban J connectivity index is 2.11. The summed E-state index contributed by atoms with van der Waals surface area (Å²) in [5, 5.41) is 3.69. The van der Waals surface area contributed by atoms with Crippen molar-refractivity contribution >= 4 is 27.3 Å². The zero-order chi connectivity index (χ0) is 13.9. The molecule has 0 amide bonds. The Hall–Kier alpha value is 0.1000. The van der Waals surface area contributed by atoms with Crippen LogP contribution >= 0.6 is 27.3 Å². The molecule has 0 aliphatic heterocycles. The summed E-state index contributed by atoms with van der Waals surface area (Å²) in [6, 6.07) is 2.74. The van der Waals surface area contributed by atoms with Gasteiger partial charge in [0.25, 0.3) is 0 Å². The van der Waals surface area contributed by atoms with E-state index >= 15 is 0 Å². The lowest BCUT2D eigenvalue weighted by atomic mass is 9.75. The van der Waals surface area contributed by atoms with Gasteiger partial charge in [0, 0.05) is 18.0 Å². The third kappa shape index (κ3) is 3.60. The summed E-state index contributed by atoms with van der Waals surface area (Å²) in [6.45, 7) is 5.45. The Morgan fingerprint density at radius 2 is 2.26 bits per heavy atom. The van der Waals surface area contributed by atoms with Crippen LogP contribution in [0, 0.1) is 6.92 Å². The van der Waals surface area contributed by atoms with E-state index in [-0.39, 0.29) is 5.60 Å². The van der Waals surface area contributed by atoms with Crippen LogP contribution in [0.4, 0.5) is 0 Å². The lowest BCUT2D eigenvalue weighted by molar-refractivity contribution is -0.0836. The minimum absolute atomic E-state index is 0.121. The van der Waals surface area contributed by atoms with Crippen LogP contribution in [0.5, 0.6) is 0 Å². The van der Waals surface area contributed by atoms with E-state index in [1.807, 2.05) is 18.4 Å². The molecule has 2 rings (SSSR count). The van der Waals surface area contributed by atoms with Gasteiger partial charge in [-0.2, -0.15) is 0 Å². The molecule has 1 unspecified atom stereocenters. The fourth-order valence-electron chi connectivity index (χ4n) is 2.68. The highest BCUT2D eigenvalue weighted by atomic mass is 79.9. The molecule has 2 nitrogen and oxygen atoms in total. The summed E-state index contributed by atoms with van der Waals surface area (Å²) in [6.07, 6.45) is 5.98. The van der Waals surface area contributed by atoms with Crippen molar-refractivity contribution < 1.29 is 4.74 Å². The van der Waals surface area contributed by atoms with E-state index in [9.17, 15) is 0 Å². The molecular formula is C15H24BrNOS. The standard InChI is InChI=1S/C15H24BrNOS/c1-4-8-17-12(10-15(18-3)6-5-7-15)13-9-11(2)14(16)19-13/h9,12,17H,4-8,10H2,1-3H3. The number of ether oxygens (including phenoxy) is 1. The van der Waals surface area contributed by atoms with Gasteiger partial charge in [-0.05, 0) is 73.1 Å². The molecule has 4 heteroatoms. The minimum atomic E-state index is 0.121. The maximum Gasteiger partial charge on any atom is 0.0731 e. The molecule has 1 N–H and O–H groups in total. The second kappa shape index (κ2) is 6.70. The molecule has 1 heterocycles. The van der Waals surface area contributed by atoms with E-state index in [1.54, 1.807) is 0 Å². The topological polar surface area (TPSA) is 21.3 Å². The van der Waals surface area contributed by atoms with Crippen molar-refractivity contribution in [3.8, 4) is 0 Å². The van der Waals surface area contributed by atoms with E-state index in [4.69, 9.17) is 4.74 Å². The van der Waals surface area contributed by atoms with Crippen molar-refractivity contribution in [2.24, 2.45) is 0 Å². The average Bonchev–Trinajstić information content (AvgIpc) is 2.68. The van der Waals surface area contributed by atoms with Gasteiger partial charge in [0.05, 0.1) is 9.39 Å². The van der Waals surface area contributed by atoms with Crippen molar-refractivity contribution in [3.05, 3.63) is 20.3 Å². The number of rotatable bonds is 7. The smallest absolute Gasteiger partial charge is 0.0731 e. The van der Waals surface area contributed by atoms with E-state index in [2.05, 4.69) is 41.2 Å². The van der Waals surface area contributed by atoms with E-state index < -0.39 is 0 Å². The molecule has 1 fully saturated rings. The summed E-state index contributed by atoms with van der Waals surface area (Å²) < 4.78 is 7.05. The van der Waals surface area contributed by atoms with Gasteiger partial charge in [-0.15, -0.1) is 11.3 Å². The first-order chi connectivity index (χ1) is 9.10. The van der Waals surface area contributed by atoms with Gasteiger partial charge in [0.2, 0.25) is 0 Å². The number of aryl methyl sites for hydroxylation is 1. The van der Waals surface area contributed by atoms with Gasteiger partial charge in [-0.1, -0.05) is 6.92 Å². The molecule has 1 aromatic heterocycles. The van der Waals surface area contributed by atoms with Crippen LogP contribution in [0.3, 0.4) is 0 Å². The van der Waals surface area contributed by atoms with E-state index in [1.165, 1.54) is 39.9 Å². The predicted octanol–water partition coefficient (Wildman–Crippen LogP) is 4.82. The first kappa shape index (κ1) is 15.5. The van der Waals surface area contributed by atoms with Gasteiger partial charge < -0.3 is 10.1 Å². The number of halogens is 1. The molecule has 1 aliphatic carbocycles. The highest BCUT2D eigenvalue weighted by Gasteiger charge is 2.39. The highest BCUT2D eigenvalue weighted by molar-refractivity contribution is 9.11. The zero-order valence-corrected chi connectivity index (χ0v) is 14.5. The van der Waals surface area contributed by atoms with Crippen molar-refractivity contribution in [3.63, 3.8) is 0 Å². The first-order valence-electron chi connectivity index (χ1n) is 7.14. The lowest BCUT2D eigenvalue weighted by Gasteiger charge is -2.42. The van der Waals surface area contributed by atoms with E-state index in [0.29, 0.717) is 6.04 Å². The van der Waals surface area contributed by atoms with Gasteiger partial charge in [-0.3, -0.25) is 0 Å². The SMILES string of the molecule is CCCNC(CC1(OC)CCC1)c1cc(C)c(Br)s1. The Kier molecular flexibility index (Phi) is 5.46. The van der Waals surface area contributed by atoms with Crippen LogP contribution < -0.4 is 5.32 Å². The molecule has 0 radical (unpaired) electrons. The zero-order valence-electron chi connectivity index (χ0n) is 12.1. The van der Waals surface area contributed by atoms with Crippen LogP contribution in [-0.4, -0.2) is 19.3 Å². The molecule has 0 saturated heterocycles. The predicted molar refractivity (Wildman–Crippen MR) is 86.0 cm³/mol.